The zero-order chi connectivity index (χ0) is 40.6. The van der Waals surface area contributed by atoms with Gasteiger partial charge >= 0.3 is 128 Å². The van der Waals surface area contributed by atoms with Gasteiger partial charge in [0, 0.05) is 42.0 Å². The number of nitrogens with zero attached hydrogens (tertiary/aromatic N) is 3. The molecule has 0 unspecified atom stereocenters. The summed E-state index contributed by atoms with van der Waals surface area (Å²) in [5.74, 6) is 6.26. The third-order valence-electron chi connectivity index (χ3n) is 10.3. The molecule has 279 valence electrons. The molecule has 2 aliphatic rings. The Morgan fingerprint density at radius 3 is 2.34 bits per heavy atom. The quantitative estimate of drug-likeness (QED) is 0.113. The zero-order valence-corrected chi connectivity index (χ0v) is 37.1. The molecular weight excluding hydrogens is 903 g/mol. The molecule has 6 heteroatoms. The van der Waals surface area contributed by atoms with Crippen LogP contribution < -0.4 is 4.40 Å². The molecule has 0 saturated heterocycles. The summed E-state index contributed by atoms with van der Waals surface area (Å²) in [5, 5.41) is 2.24. The van der Waals surface area contributed by atoms with Crippen LogP contribution in [0.1, 0.15) is 108 Å². The molecule has 4 heterocycles. The van der Waals surface area contributed by atoms with E-state index in [-0.39, 0.29) is 31.9 Å². The predicted molar refractivity (Wildman–Crippen MR) is 225 cm³/mol. The number of pyridine rings is 3. The van der Waals surface area contributed by atoms with Crippen molar-refractivity contribution in [2.45, 2.75) is 114 Å². The van der Waals surface area contributed by atoms with E-state index < -0.39 is 31.9 Å². The van der Waals surface area contributed by atoms with E-state index in [1.54, 1.807) is 17.5 Å². The molecule has 2 aliphatic carbocycles. The van der Waals surface area contributed by atoms with Crippen molar-refractivity contribution < 1.29 is 27.0 Å². The second kappa shape index (κ2) is 18.3. The van der Waals surface area contributed by atoms with E-state index >= 15 is 0 Å². The van der Waals surface area contributed by atoms with E-state index in [0.717, 1.165) is 115 Å². The van der Waals surface area contributed by atoms with Gasteiger partial charge in [-0.3, -0.25) is 0 Å². The van der Waals surface area contributed by atoms with Crippen LogP contribution in [0.3, 0.4) is 0 Å². The molecule has 0 N–H and O–H groups in total. The summed E-state index contributed by atoms with van der Waals surface area (Å²) in [5.41, 5.74) is 5.82. The summed E-state index contributed by atoms with van der Waals surface area (Å²) in [6.07, 6.45) is 11.5. The van der Waals surface area contributed by atoms with Crippen molar-refractivity contribution in [3.63, 3.8) is 0 Å². The largest absolute Gasteiger partial charge is 0.305 e. The van der Waals surface area contributed by atoms with Crippen LogP contribution in [0.5, 0.6) is 0 Å². The Hall–Kier alpha value is -2.70. The third kappa shape index (κ3) is 9.95. The summed E-state index contributed by atoms with van der Waals surface area (Å²) in [6.45, 7) is 3.88. The maximum absolute atomic E-state index is 9.01. The number of aromatic nitrogens is 3. The molecular formula is C47H55GeIrN3S-2. The fourth-order valence-electron chi connectivity index (χ4n) is 7.57. The Labute approximate surface area is 345 Å². The number of thiophene rings is 1. The van der Waals surface area contributed by atoms with Gasteiger partial charge in [-0.1, -0.05) is 74.4 Å². The summed E-state index contributed by atoms with van der Waals surface area (Å²) in [6, 6.07) is 28.2. The van der Waals surface area contributed by atoms with Crippen LogP contribution >= 0.6 is 11.3 Å². The Morgan fingerprint density at radius 2 is 1.62 bits per heavy atom. The molecule has 0 amide bonds. The Morgan fingerprint density at radius 1 is 0.849 bits per heavy atom. The minimum Gasteiger partial charge on any atom is -0.305 e. The van der Waals surface area contributed by atoms with Gasteiger partial charge in [0.15, 0.2) is 0 Å². The first kappa shape index (κ1) is 33.6. The Kier molecular flexibility index (Phi) is 11.6. The van der Waals surface area contributed by atoms with Crippen LogP contribution in [0.4, 0.5) is 0 Å². The Bertz CT molecular complexity index is 2330. The van der Waals surface area contributed by atoms with Crippen LogP contribution in [0.15, 0.2) is 79.1 Å². The molecule has 2 saturated carbocycles. The molecule has 2 aromatic carbocycles. The van der Waals surface area contributed by atoms with E-state index in [4.69, 9.17) is 11.8 Å². The van der Waals surface area contributed by atoms with Crippen molar-refractivity contribution in [1.29, 1.82) is 0 Å². The first-order chi connectivity index (χ1) is 27.1. The van der Waals surface area contributed by atoms with Gasteiger partial charge < -0.3 is 4.98 Å². The van der Waals surface area contributed by atoms with Gasteiger partial charge in [0.1, 0.15) is 4.83 Å². The van der Waals surface area contributed by atoms with Crippen molar-refractivity contribution in [2.24, 2.45) is 11.8 Å². The summed E-state index contributed by atoms with van der Waals surface area (Å²) < 4.78 is 46.2. The van der Waals surface area contributed by atoms with Crippen molar-refractivity contribution in [2.75, 3.05) is 0 Å². The third-order valence-corrected chi connectivity index (χ3v) is 15.6. The van der Waals surface area contributed by atoms with Crippen molar-refractivity contribution in [3.05, 3.63) is 108 Å². The van der Waals surface area contributed by atoms with E-state index in [1.165, 1.54) is 12.8 Å². The molecule has 3 nitrogen and oxygen atoms in total. The maximum atomic E-state index is 9.01. The van der Waals surface area contributed by atoms with Crippen LogP contribution in [0.2, 0.25) is 17.3 Å². The van der Waals surface area contributed by atoms with E-state index in [0.29, 0.717) is 0 Å². The van der Waals surface area contributed by atoms with Gasteiger partial charge in [-0.2, -0.15) is 11.3 Å². The molecule has 53 heavy (non-hydrogen) atoms. The van der Waals surface area contributed by atoms with E-state index in [9.17, 15) is 0 Å². The first-order valence-electron chi connectivity index (χ1n) is 21.8. The number of rotatable bonds is 8. The monoisotopic (exact) mass is 965 g/mol. The molecule has 1 radical (unpaired) electrons. The summed E-state index contributed by atoms with van der Waals surface area (Å²) >= 11 is -0.560. The van der Waals surface area contributed by atoms with Crippen LogP contribution in [0, 0.1) is 24.0 Å². The molecule has 6 aromatic rings. The number of fused-ring (bicyclic) bond motifs is 3. The van der Waals surface area contributed by atoms with Crippen LogP contribution in [0.25, 0.3) is 42.8 Å². The second-order valence-electron chi connectivity index (χ2n) is 15.8. The van der Waals surface area contributed by atoms with Crippen LogP contribution in [-0.2, 0) is 32.9 Å². The van der Waals surface area contributed by atoms with Gasteiger partial charge in [0.05, 0.1) is 0 Å². The van der Waals surface area contributed by atoms with Gasteiger partial charge in [0.2, 0.25) is 0 Å². The average Bonchev–Trinajstić information content (AvgIpc) is 3.60. The fraction of sp³-hybridized carbons (Fsp3) is 0.426. The maximum Gasteiger partial charge on any atom is 0.114 e. The minimum absolute atomic E-state index is 0. The number of hydrogen-bond acceptors (Lipinski definition) is 4. The topological polar surface area (TPSA) is 38.7 Å². The molecule has 8 rings (SSSR count). The van der Waals surface area contributed by atoms with Gasteiger partial charge in [-0.05, 0) is 53.0 Å². The average molecular weight is 964 g/mol. The first-order valence-corrected chi connectivity index (χ1v) is 27.4. The molecule has 0 atom stereocenters. The summed E-state index contributed by atoms with van der Waals surface area (Å²) in [4.78, 5) is 15.2. The number of benzene rings is 2. The van der Waals surface area contributed by atoms with Gasteiger partial charge in [0.25, 0.3) is 0 Å². The minimum atomic E-state index is -2.20. The Balaban J connectivity index is 0.000000214. The normalized spacial score (nSPS) is 18.2. The number of hydrogen-bond donors (Lipinski definition) is 0. The molecule has 2 fully saturated rings. The van der Waals surface area contributed by atoms with E-state index in [1.807, 2.05) is 68.6 Å². The molecule has 0 bridgehead atoms. The van der Waals surface area contributed by atoms with Crippen molar-refractivity contribution >= 4 is 49.3 Å². The van der Waals surface area contributed by atoms with Gasteiger partial charge in [-0.25, -0.2) is 4.98 Å². The predicted octanol–water partition coefficient (Wildman–Crippen LogP) is 12.8. The molecule has 0 aliphatic heterocycles. The van der Waals surface area contributed by atoms with Crippen molar-refractivity contribution in [3.8, 4) is 22.5 Å². The molecule has 0 spiro atoms. The second-order valence-corrected chi connectivity index (χ2v) is 27.3. The fourth-order valence-corrected chi connectivity index (χ4v) is 11.7. The molecule has 4 aromatic heterocycles. The van der Waals surface area contributed by atoms with Crippen LogP contribution in [-0.4, -0.2) is 28.2 Å². The smallest absolute Gasteiger partial charge is 0.114 e. The standard InChI is InChI=1S/C29H31N2S.C18H24GeN.Ir/c1-3-8-20(9-4-1)18-21-16-17-30-27(19-21)25-13-7-12-23-24-14-15-26(22-10-5-2-6-11-22)31-29(24)32-28(23)25;1-14(2)11-16-12-18(15-9-7-6-8-10-15)20-13-17(16)19(3,4)5;/h7,12,14-17,19-20,22H,1-6,8-11,18H2;6-9,12-14H,11H2,1-5H3;/q2*-1;/i18D2,22D;11D2;. The van der Waals surface area contributed by atoms with E-state index in [2.05, 4.69) is 57.6 Å². The van der Waals surface area contributed by atoms with Crippen molar-refractivity contribution in [1.82, 2.24) is 15.0 Å². The van der Waals surface area contributed by atoms with Gasteiger partial charge in [-0.15, -0.1) is 23.8 Å². The summed E-state index contributed by atoms with van der Waals surface area (Å²) in [7, 11) is 0. The zero-order valence-electron chi connectivity index (χ0n) is 36.8. The SMILES string of the molecule is [2H]C([2H])(c1cc(-c2[c-]cccc2)nc[c]1[Ge]([CH3])([CH3])[CH3])C(C)C.[2H]C1(c2ccc3c(n2)sc2c(-c4cc(C([2H])([2H])C5CCCCC5)ccn4)[c-]ccc23)CCCCC1.[Ir].